The summed E-state index contributed by atoms with van der Waals surface area (Å²) in [5.41, 5.74) is 0.0938. The van der Waals surface area contributed by atoms with E-state index in [1.54, 1.807) is 7.05 Å². The number of allylic oxidation sites excluding steroid dienone is 2. The number of piperidine rings is 1. The molecular formula is C15H21N5O2. The summed E-state index contributed by atoms with van der Waals surface area (Å²) in [6.07, 6.45) is 7.41. The van der Waals surface area contributed by atoms with Crippen molar-refractivity contribution in [3.8, 4) is 0 Å². The first-order chi connectivity index (χ1) is 10.6. The summed E-state index contributed by atoms with van der Waals surface area (Å²) in [5.74, 6) is 0.777. The fourth-order valence-corrected chi connectivity index (χ4v) is 2.94. The summed E-state index contributed by atoms with van der Waals surface area (Å²) in [6.45, 7) is 4.38. The Morgan fingerprint density at radius 2 is 1.95 bits per heavy atom. The SMILES string of the molecule is CC=CCn1c(N2CCCCC2)nc2c1c(=O)[nH]c(=O)n2C. The van der Waals surface area contributed by atoms with Gasteiger partial charge in [0.2, 0.25) is 5.95 Å². The van der Waals surface area contributed by atoms with E-state index in [2.05, 4.69) is 14.9 Å². The molecule has 0 bridgehead atoms. The molecule has 0 aromatic carbocycles. The molecule has 0 unspecified atom stereocenters. The fraction of sp³-hybridized carbons (Fsp3) is 0.533. The molecule has 3 rings (SSSR count). The van der Waals surface area contributed by atoms with Crippen LogP contribution in [0.3, 0.4) is 0 Å². The van der Waals surface area contributed by atoms with Crippen LogP contribution in [0.1, 0.15) is 26.2 Å². The van der Waals surface area contributed by atoms with Gasteiger partial charge in [0.15, 0.2) is 11.2 Å². The van der Waals surface area contributed by atoms with Gasteiger partial charge >= 0.3 is 5.69 Å². The van der Waals surface area contributed by atoms with Crippen molar-refractivity contribution in [3.63, 3.8) is 0 Å². The molecule has 1 N–H and O–H groups in total. The number of imidazole rings is 1. The molecule has 7 nitrogen and oxygen atoms in total. The molecule has 22 heavy (non-hydrogen) atoms. The van der Waals surface area contributed by atoms with E-state index in [0.717, 1.165) is 31.9 Å². The number of hydrogen-bond donors (Lipinski definition) is 1. The summed E-state index contributed by atoms with van der Waals surface area (Å²) < 4.78 is 3.30. The van der Waals surface area contributed by atoms with Crippen LogP contribution in [-0.4, -0.2) is 32.2 Å². The van der Waals surface area contributed by atoms with Gasteiger partial charge in [0.1, 0.15) is 0 Å². The van der Waals surface area contributed by atoms with Crippen molar-refractivity contribution >= 4 is 17.1 Å². The van der Waals surface area contributed by atoms with E-state index in [1.807, 2.05) is 23.6 Å². The number of fused-ring (bicyclic) bond motifs is 1. The minimum absolute atomic E-state index is 0.377. The summed E-state index contributed by atoms with van der Waals surface area (Å²) >= 11 is 0. The van der Waals surface area contributed by atoms with E-state index in [9.17, 15) is 9.59 Å². The molecule has 1 fully saturated rings. The van der Waals surface area contributed by atoms with Crippen LogP contribution in [0, 0.1) is 0 Å². The molecule has 2 aromatic rings. The Kier molecular flexibility index (Phi) is 3.87. The normalized spacial score (nSPS) is 16.0. The number of hydrogen-bond acceptors (Lipinski definition) is 4. The monoisotopic (exact) mass is 303 g/mol. The number of aromatic nitrogens is 4. The van der Waals surface area contributed by atoms with Gasteiger partial charge < -0.3 is 9.47 Å². The van der Waals surface area contributed by atoms with Crippen LogP contribution in [0.15, 0.2) is 21.7 Å². The molecule has 2 aromatic heterocycles. The standard InChI is InChI=1S/C15H21N5O2/c1-3-4-10-20-11-12(18(2)15(22)17-13(11)21)16-14(20)19-8-6-5-7-9-19/h3-4H,5-10H2,1-2H3,(H,17,21,22). The first-order valence-corrected chi connectivity index (χ1v) is 7.69. The van der Waals surface area contributed by atoms with Gasteiger partial charge in [-0.05, 0) is 26.2 Å². The number of anilines is 1. The van der Waals surface area contributed by atoms with E-state index in [1.165, 1.54) is 11.0 Å². The molecule has 0 amide bonds. The quantitative estimate of drug-likeness (QED) is 0.858. The minimum Gasteiger partial charge on any atom is -0.342 e. The summed E-state index contributed by atoms with van der Waals surface area (Å²) in [5, 5.41) is 0. The molecule has 1 saturated heterocycles. The predicted molar refractivity (Wildman–Crippen MR) is 86.5 cm³/mol. The van der Waals surface area contributed by atoms with Crippen molar-refractivity contribution in [2.24, 2.45) is 7.05 Å². The average Bonchev–Trinajstić information content (AvgIpc) is 2.91. The van der Waals surface area contributed by atoms with E-state index in [4.69, 9.17) is 0 Å². The van der Waals surface area contributed by atoms with E-state index >= 15 is 0 Å². The third-order valence-corrected chi connectivity index (χ3v) is 4.15. The minimum atomic E-state index is -0.432. The highest BCUT2D eigenvalue weighted by molar-refractivity contribution is 5.74. The van der Waals surface area contributed by atoms with Crippen LogP contribution < -0.4 is 16.1 Å². The summed E-state index contributed by atoms with van der Waals surface area (Å²) in [7, 11) is 1.63. The van der Waals surface area contributed by atoms with Crippen molar-refractivity contribution in [1.29, 1.82) is 0 Å². The first-order valence-electron chi connectivity index (χ1n) is 7.69. The lowest BCUT2D eigenvalue weighted by Gasteiger charge is -2.27. The van der Waals surface area contributed by atoms with E-state index < -0.39 is 5.69 Å². The molecule has 1 aliphatic heterocycles. The van der Waals surface area contributed by atoms with E-state index in [0.29, 0.717) is 17.7 Å². The lowest BCUT2D eigenvalue weighted by molar-refractivity contribution is 0.560. The Labute approximate surface area is 127 Å². The molecule has 118 valence electrons. The van der Waals surface area contributed by atoms with Gasteiger partial charge in [0.05, 0.1) is 0 Å². The second-order valence-electron chi connectivity index (χ2n) is 5.63. The van der Waals surface area contributed by atoms with Gasteiger partial charge in [-0.25, -0.2) is 4.79 Å². The van der Waals surface area contributed by atoms with Crippen molar-refractivity contribution in [1.82, 2.24) is 19.1 Å². The number of rotatable bonds is 3. The van der Waals surface area contributed by atoms with Crippen molar-refractivity contribution in [2.75, 3.05) is 18.0 Å². The second-order valence-corrected chi connectivity index (χ2v) is 5.63. The molecule has 0 saturated carbocycles. The maximum absolute atomic E-state index is 12.3. The third-order valence-electron chi connectivity index (χ3n) is 4.15. The third kappa shape index (κ3) is 2.36. The molecule has 1 aliphatic rings. The van der Waals surface area contributed by atoms with Crippen LogP contribution >= 0.6 is 0 Å². The summed E-state index contributed by atoms with van der Waals surface area (Å²) in [4.78, 5) is 33.2. The Balaban J connectivity index is 2.25. The second kappa shape index (κ2) is 5.82. The fourth-order valence-electron chi connectivity index (χ4n) is 2.94. The van der Waals surface area contributed by atoms with Gasteiger partial charge in [0, 0.05) is 26.7 Å². The predicted octanol–water partition coefficient (Wildman–Crippen LogP) is 0.990. The molecule has 0 atom stereocenters. The zero-order valence-electron chi connectivity index (χ0n) is 13.0. The Bertz CT molecular complexity index is 821. The van der Waals surface area contributed by atoms with Gasteiger partial charge in [0.25, 0.3) is 5.56 Å². The molecule has 7 heteroatoms. The van der Waals surface area contributed by atoms with Crippen molar-refractivity contribution in [3.05, 3.63) is 33.0 Å². The van der Waals surface area contributed by atoms with Crippen molar-refractivity contribution < 1.29 is 0 Å². The maximum atomic E-state index is 12.3. The van der Waals surface area contributed by atoms with Crippen LogP contribution in [0.5, 0.6) is 0 Å². The largest absolute Gasteiger partial charge is 0.342 e. The molecule has 0 spiro atoms. The Morgan fingerprint density at radius 1 is 1.23 bits per heavy atom. The molecule has 0 aliphatic carbocycles. The molecule has 3 heterocycles. The zero-order valence-corrected chi connectivity index (χ0v) is 13.0. The van der Waals surface area contributed by atoms with Crippen LogP contribution in [0.25, 0.3) is 11.2 Å². The first kappa shape index (κ1) is 14.6. The van der Waals surface area contributed by atoms with E-state index in [-0.39, 0.29) is 5.56 Å². The average molecular weight is 303 g/mol. The highest BCUT2D eigenvalue weighted by Crippen LogP contribution is 2.22. The number of nitrogens with one attached hydrogen (secondary N) is 1. The number of H-pyrrole nitrogens is 1. The van der Waals surface area contributed by atoms with Crippen LogP contribution in [0.4, 0.5) is 5.95 Å². The highest BCUT2D eigenvalue weighted by atomic mass is 16.2. The lowest BCUT2D eigenvalue weighted by Crippen LogP contribution is -2.32. The van der Waals surface area contributed by atoms with Crippen LogP contribution in [0.2, 0.25) is 0 Å². The Hall–Kier alpha value is -2.31. The number of aromatic amines is 1. The maximum Gasteiger partial charge on any atom is 0.329 e. The van der Waals surface area contributed by atoms with Crippen molar-refractivity contribution in [2.45, 2.75) is 32.7 Å². The van der Waals surface area contributed by atoms with Gasteiger partial charge in [-0.15, -0.1) is 0 Å². The number of aryl methyl sites for hydroxylation is 1. The van der Waals surface area contributed by atoms with Gasteiger partial charge in [-0.1, -0.05) is 12.2 Å². The summed E-state index contributed by atoms with van der Waals surface area (Å²) in [6, 6.07) is 0. The Morgan fingerprint density at radius 3 is 2.64 bits per heavy atom. The zero-order chi connectivity index (χ0) is 15.7. The highest BCUT2D eigenvalue weighted by Gasteiger charge is 2.22. The number of nitrogens with zero attached hydrogens (tertiary/aromatic N) is 4. The smallest absolute Gasteiger partial charge is 0.329 e. The topological polar surface area (TPSA) is 75.9 Å². The van der Waals surface area contributed by atoms with Crippen LogP contribution in [-0.2, 0) is 13.6 Å². The van der Waals surface area contributed by atoms with Gasteiger partial charge in [-0.2, -0.15) is 4.98 Å². The van der Waals surface area contributed by atoms with Gasteiger partial charge in [-0.3, -0.25) is 14.3 Å². The lowest BCUT2D eigenvalue weighted by atomic mass is 10.1. The molecule has 0 radical (unpaired) electrons. The molecular weight excluding hydrogens is 282 g/mol.